The van der Waals surface area contributed by atoms with Crippen molar-refractivity contribution in [3.8, 4) is 5.75 Å². The molecule has 0 heterocycles. The van der Waals surface area contributed by atoms with E-state index < -0.39 is 17.9 Å². The van der Waals surface area contributed by atoms with Gasteiger partial charge in [-0.3, -0.25) is 9.59 Å². The minimum absolute atomic E-state index is 0.0538. The molecule has 0 aliphatic rings. The van der Waals surface area contributed by atoms with Crippen LogP contribution in [0.5, 0.6) is 5.75 Å². The molecular formula is C20H24O5. The van der Waals surface area contributed by atoms with Gasteiger partial charge in [0.05, 0.1) is 13.0 Å². The maximum atomic E-state index is 11.8. The topological polar surface area (TPSA) is 83.8 Å². The summed E-state index contributed by atoms with van der Waals surface area (Å²) >= 11 is 0. The second-order valence-corrected chi connectivity index (χ2v) is 6.62. The molecule has 25 heavy (non-hydrogen) atoms. The molecule has 5 heteroatoms. The third-order valence-corrected chi connectivity index (χ3v) is 4.61. The van der Waals surface area contributed by atoms with Crippen LogP contribution >= 0.6 is 0 Å². The normalized spacial score (nSPS) is 13.6. The number of carbonyl (C=O) groups is 2. The van der Waals surface area contributed by atoms with Gasteiger partial charge in [-0.05, 0) is 46.7 Å². The van der Waals surface area contributed by atoms with Crippen LogP contribution in [-0.4, -0.2) is 29.3 Å². The molecule has 0 amide bonds. The number of benzene rings is 2. The predicted molar refractivity (Wildman–Crippen MR) is 96.1 cm³/mol. The maximum absolute atomic E-state index is 11.8. The molecule has 2 N–H and O–H groups in total. The zero-order chi connectivity index (χ0) is 18.6. The Labute approximate surface area is 147 Å². The van der Waals surface area contributed by atoms with Gasteiger partial charge in [-0.15, -0.1) is 0 Å². The monoisotopic (exact) mass is 344 g/mol. The van der Waals surface area contributed by atoms with Crippen LogP contribution in [0, 0.1) is 11.8 Å². The summed E-state index contributed by atoms with van der Waals surface area (Å²) in [5.41, 5.74) is 0.861. The number of carboxylic acids is 2. The standard InChI is InChI=1S/C20H24O5/c1-12(2)19(20(23)24)17(8-9-18(21)22)15-5-4-14-11-16(25-3)7-6-13(14)10-15/h4-7,10-12,17,19H,8-9H2,1-3H3,(H,21,22)(H,23,24). The number of fused-ring (bicyclic) bond motifs is 1. The Morgan fingerprint density at radius 1 is 1.04 bits per heavy atom. The van der Waals surface area contributed by atoms with Crippen molar-refractivity contribution in [2.75, 3.05) is 7.11 Å². The molecule has 0 radical (unpaired) electrons. The molecule has 0 bridgehead atoms. The van der Waals surface area contributed by atoms with Crippen LogP contribution in [-0.2, 0) is 9.59 Å². The minimum Gasteiger partial charge on any atom is -0.497 e. The van der Waals surface area contributed by atoms with Gasteiger partial charge < -0.3 is 14.9 Å². The van der Waals surface area contributed by atoms with E-state index in [1.165, 1.54) is 0 Å². The number of hydrogen-bond acceptors (Lipinski definition) is 3. The van der Waals surface area contributed by atoms with Crippen molar-refractivity contribution >= 4 is 22.7 Å². The quantitative estimate of drug-likeness (QED) is 0.751. The first kappa shape index (κ1) is 18.8. The highest BCUT2D eigenvalue weighted by molar-refractivity contribution is 5.85. The Hall–Kier alpha value is -2.56. The Balaban J connectivity index is 2.46. The highest BCUT2D eigenvalue weighted by atomic mass is 16.5. The lowest BCUT2D eigenvalue weighted by molar-refractivity contribution is -0.145. The number of ether oxygens (including phenoxy) is 1. The molecule has 0 spiro atoms. The van der Waals surface area contributed by atoms with Crippen molar-refractivity contribution in [1.29, 1.82) is 0 Å². The molecule has 2 rings (SSSR count). The summed E-state index contributed by atoms with van der Waals surface area (Å²) in [7, 11) is 1.61. The molecule has 5 nitrogen and oxygen atoms in total. The van der Waals surface area contributed by atoms with Crippen LogP contribution in [0.1, 0.15) is 38.2 Å². The number of rotatable bonds is 8. The van der Waals surface area contributed by atoms with Crippen molar-refractivity contribution < 1.29 is 24.5 Å². The molecule has 2 atom stereocenters. The van der Waals surface area contributed by atoms with E-state index in [1.54, 1.807) is 7.11 Å². The molecule has 2 aromatic rings. The Kier molecular flexibility index (Phi) is 6.02. The zero-order valence-corrected chi connectivity index (χ0v) is 14.7. The van der Waals surface area contributed by atoms with Crippen LogP contribution in [0.3, 0.4) is 0 Å². The number of hydrogen-bond donors (Lipinski definition) is 2. The minimum atomic E-state index is -0.913. The van der Waals surface area contributed by atoms with Crippen molar-refractivity contribution in [2.24, 2.45) is 11.8 Å². The Bertz CT molecular complexity index is 766. The highest BCUT2D eigenvalue weighted by Crippen LogP contribution is 2.36. The second-order valence-electron chi connectivity index (χ2n) is 6.62. The molecule has 134 valence electrons. The summed E-state index contributed by atoms with van der Waals surface area (Å²) in [4.78, 5) is 22.8. The number of aliphatic carboxylic acids is 2. The lowest BCUT2D eigenvalue weighted by Gasteiger charge is -2.27. The van der Waals surface area contributed by atoms with Crippen molar-refractivity contribution in [3.05, 3.63) is 42.0 Å². The smallest absolute Gasteiger partial charge is 0.307 e. The van der Waals surface area contributed by atoms with E-state index in [1.807, 2.05) is 50.2 Å². The van der Waals surface area contributed by atoms with E-state index in [0.717, 1.165) is 22.1 Å². The third-order valence-electron chi connectivity index (χ3n) is 4.61. The Morgan fingerprint density at radius 2 is 1.68 bits per heavy atom. The summed E-state index contributed by atoms with van der Waals surface area (Å²) in [5, 5.41) is 20.7. The van der Waals surface area contributed by atoms with E-state index >= 15 is 0 Å². The largest absolute Gasteiger partial charge is 0.497 e. The lowest BCUT2D eigenvalue weighted by atomic mass is 9.76. The first-order valence-electron chi connectivity index (χ1n) is 8.35. The van der Waals surface area contributed by atoms with Gasteiger partial charge in [-0.25, -0.2) is 0 Å². The molecule has 2 aromatic carbocycles. The van der Waals surface area contributed by atoms with Gasteiger partial charge in [0.15, 0.2) is 0 Å². The fraction of sp³-hybridized carbons (Fsp3) is 0.400. The fourth-order valence-corrected chi connectivity index (χ4v) is 3.35. The van der Waals surface area contributed by atoms with Crippen LogP contribution in [0.4, 0.5) is 0 Å². The van der Waals surface area contributed by atoms with E-state index in [4.69, 9.17) is 9.84 Å². The van der Waals surface area contributed by atoms with Crippen LogP contribution < -0.4 is 4.74 Å². The van der Waals surface area contributed by atoms with Gasteiger partial charge in [-0.2, -0.15) is 0 Å². The zero-order valence-electron chi connectivity index (χ0n) is 14.7. The van der Waals surface area contributed by atoms with Crippen molar-refractivity contribution in [2.45, 2.75) is 32.6 Å². The van der Waals surface area contributed by atoms with Gasteiger partial charge in [0.1, 0.15) is 5.75 Å². The maximum Gasteiger partial charge on any atom is 0.307 e. The van der Waals surface area contributed by atoms with Crippen LogP contribution in [0.15, 0.2) is 36.4 Å². The summed E-state index contributed by atoms with van der Waals surface area (Å²) < 4.78 is 5.22. The third kappa shape index (κ3) is 4.50. The van der Waals surface area contributed by atoms with E-state index in [0.29, 0.717) is 6.42 Å². The molecular weight excluding hydrogens is 320 g/mol. The molecule has 0 saturated carbocycles. The average Bonchev–Trinajstić information content (AvgIpc) is 2.56. The second kappa shape index (κ2) is 8.01. The molecule has 0 saturated heterocycles. The number of methoxy groups -OCH3 is 1. The Morgan fingerprint density at radius 3 is 2.24 bits per heavy atom. The molecule has 2 unspecified atom stereocenters. The first-order chi connectivity index (χ1) is 11.8. The number of carboxylic acid groups (broad SMARTS) is 2. The fourth-order valence-electron chi connectivity index (χ4n) is 3.35. The predicted octanol–water partition coefficient (Wildman–Crippen LogP) is 4.15. The van der Waals surface area contributed by atoms with Crippen LogP contribution in [0.25, 0.3) is 10.8 Å². The molecule has 0 aliphatic carbocycles. The first-order valence-corrected chi connectivity index (χ1v) is 8.35. The van der Waals surface area contributed by atoms with E-state index in [9.17, 15) is 14.7 Å². The average molecular weight is 344 g/mol. The van der Waals surface area contributed by atoms with Gasteiger partial charge >= 0.3 is 11.9 Å². The SMILES string of the molecule is COc1ccc2cc(C(CCC(=O)O)C(C(=O)O)C(C)C)ccc2c1. The highest BCUT2D eigenvalue weighted by Gasteiger charge is 2.32. The molecule has 0 aromatic heterocycles. The van der Waals surface area contributed by atoms with Gasteiger partial charge in [0.2, 0.25) is 0 Å². The van der Waals surface area contributed by atoms with Crippen molar-refractivity contribution in [3.63, 3.8) is 0 Å². The van der Waals surface area contributed by atoms with E-state index in [2.05, 4.69) is 0 Å². The summed E-state index contributed by atoms with van der Waals surface area (Å²) in [5.74, 6) is -2.12. The lowest BCUT2D eigenvalue weighted by Crippen LogP contribution is -2.27. The van der Waals surface area contributed by atoms with Gasteiger partial charge in [-0.1, -0.05) is 38.1 Å². The molecule has 0 aliphatic heterocycles. The molecule has 0 fully saturated rings. The van der Waals surface area contributed by atoms with Crippen LogP contribution in [0.2, 0.25) is 0 Å². The summed E-state index contributed by atoms with van der Waals surface area (Å²) in [6.45, 7) is 3.72. The summed E-state index contributed by atoms with van der Waals surface area (Å²) in [6.07, 6.45) is 0.244. The summed E-state index contributed by atoms with van der Waals surface area (Å²) in [6, 6.07) is 11.5. The van der Waals surface area contributed by atoms with Gasteiger partial charge in [0, 0.05) is 6.42 Å². The van der Waals surface area contributed by atoms with E-state index in [-0.39, 0.29) is 18.3 Å². The van der Waals surface area contributed by atoms with Gasteiger partial charge in [0.25, 0.3) is 0 Å². The van der Waals surface area contributed by atoms with Crippen molar-refractivity contribution in [1.82, 2.24) is 0 Å².